The molecule has 0 radical (unpaired) electrons. The summed E-state index contributed by atoms with van der Waals surface area (Å²) >= 11 is 0. The number of carbonyl (C=O) groups is 2. The van der Waals surface area contributed by atoms with Crippen LogP contribution in [0.4, 0.5) is 0 Å². The van der Waals surface area contributed by atoms with Crippen LogP contribution in [0.15, 0.2) is 21.6 Å². The molecular formula is C19H26IN5O3. The first-order chi connectivity index (χ1) is 13.0. The van der Waals surface area contributed by atoms with Gasteiger partial charge in [-0.05, 0) is 32.1 Å². The number of nitrogens with zero attached hydrogens (tertiary/aromatic N) is 3. The Bertz CT molecular complexity index is 784. The Balaban J connectivity index is 0.00000225. The highest BCUT2D eigenvalue weighted by atomic mass is 127. The molecule has 2 fully saturated rings. The standard InChI is InChI=1S/C19H25N5O3.HI/c1-10-11(2)27-14(23-10)9-22-19(20-3)21-6-7-24-17(25)15-12-4-5-13(8-12)16(15)18(24)26;/h4-5,12-13,15-16H,6-9H2,1-3H3,(H2,20,21,22);1H. The molecule has 4 unspecified atom stereocenters. The molecule has 0 spiro atoms. The van der Waals surface area contributed by atoms with Crippen molar-refractivity contribution in [2.75, 3.05) is 20.1 Å². The summed E-state index contributed by atoms with van der Waals surface area (Å²) in [6.45, 7) is 4.98. The second-order valence-electron chi connectivity index (χ2n) is 7.43. The molecule has 2 aliphatic carbocycles. The minimum atomic E-state index is -0.138. The molecule has 1 aromatic heterocycles. The van der Waals surface area contributed by atoms with Crippen LogP contribution in [0.2, 0.25) is 0 Å². The summed E-state index contributed by atoms with van der Waals surface area (Å²) in [7, 11) is 1.67. The van der Waals surface area contributed by atoms with E-state index in [0.29, 0.717) is 31.5 Å². The molecule has 2 heterocycles. The predicted molar refractivity (Wildman–Crippen MR) is 114 cm³/mol. The number of guanidine groups is 1. The van der Waals surface area contributed by atoms with Gasteiger partial charge in [0, 0.05) is 20.1 Å². The highest BCUT2D eigenvalue weighted by Crippen LogP contribution is 2.52. The van der Waals surface area contributed by atoms with Crippen molar-refractivity contribution >= 4 is 41.8 Å². The van der Waals surface area contributed by atoms with Gasteiger partial charge in [0.05, 0.1) is 24.1 Å². The van der Waals surface area contributed by atoms with E-state index in [4.69, 9.17) is 4.42 Å². The number of carbonyl (C=O) groups excluding carboxylic acids is 2. The van der Waals surface area contributed by atoms with Crippen LogP contribution < -0.4 is 10.6 Å². The monoisotopic (exact) mass is 499 g/mol. The number of hydrogen-bond donors (Lipinski definition) is 2. The van der Waals surface area contributed by atoms with Gasteiger partial charge in [-0.3, -0.25) is 19.5 Å². The number of nitrogens with one attached hydrogen (secondary N) is 2. The minimum Gasteiger partial charge on any atom is -0.444 e. The molecule has 2 N–H and O–H groups in total. The van der Waals surface area contributed by atoms with Crippen molar-refractivity contribution in [3.8, 4) is 0 Å². The van der Waals surface area contributed by atoms with E-state index in [9.17, 15) is 9.59 Å². The fraction of sp³-hybridized carbons (Fsp3) is 0.579. The number of amides is 2. The zero-order valence-electron chi connectivity index (χ0n) is 16.3. The number of aryl methyl sites for hydroxylation is 2. The van der Waals surface area contributed by atoms with Gasteiger partial charge in [0.2, 0.25) is 17.7 Å². The Morgan fingerprint density at radius 2 is 1.86 bits per heavy atom. The number of halogens is 1. The Morgan fingerprint density at radius 3 is 2.39 bits per heavy atom. The Morgan fingerprint density at radius 1 is 1.21 bits per heavy atom. The van der Waals surface area contributed by atoms with E-state index in [1.807, 2.05) is 13.8 Å². The molecule has 4 atom stereocenters. The van der Waals surface area contributed by atoms with Gasteiger partial charge >= 0.3 is 0 Å². The maximum Gasteiger partial charge on any atom is 0.233 e. The SMILES string of the molecule is CN=C(NCCN1C(=O)C2C3C=CC(C3)C2C1=O)NCc1nc(C)c(C)o1.I. The number of oxazole rings is 1. The third kappa shape index (κ3) is 3.56. The lowest BCUT2D eigenvalue weighted by Gasteiger charge is -2.18. The summed E-state index contributed by atoms with van der Waals surface area (Å²) in [4.78, 5) is 35.2. The number of imide groups is 1. The van der Waals surface area contributed by atoms with E-state index >= 15 is 0 Å². The first-order valence-electron chi connectivity index (χ1n) is 9.40. The number of likely N-dealkylation sites (tertiary alicyclic amines) is 1. The van der Waals surface area contributed by atoms with Gasteiger partial charge in [0.25, 0.3) is 0 Å². The first kappa shape index (κ1) is 20.8. The van der Waals surface area contributed by atoms with E-state index < -0.39 is 0 Å². The molecule has 152 valence electrons. The van der Waals surface area contributed by atoms with Crippen molar-refractivity contribution in [2.24, 2.45) is 28.7 Å². The molecular weight excluding hydrogens is 473 g/mol. The summed E-state index contributed by atoms with van der Waals surface area (Å²) in [6.07, 6.45) is 5.17. The lowest BCUT2D eigenvalue weighted by Crippen LogP contribution is -2.43. The van der Waals surface area contributed by atoms with E-state index in [1.165, 1.54) is 4.90 Å². The molecule has 1 saturated heterocycles. The molecule has 1 aromatic rings. The predicted octanol–water partition coefficient (Wildman–Crippen LogP) is 1.38. The minimum absolute atomic E-state index is 0. The molecule has 2 amide bonds. The fourth-order valence-corrected chi connectivity index (χ4v) is 4.47. The Hall–Kier alpha value is -1.91. The highest BCUT2D eigenvalue weighted by Gasteiger charge is 2.58. The van der Waals surface area contributed by atoms with Crippen LogP contribution in [0, 0.1) is 37.5 Å². The highest BCUT2D eigenvalue weighted by molar-refractivity contribution is 14.0. The van der Waals surface area contributed by atoms with E-state index in [0.717, 1.165) is 17.9 Å². The Labute approximate surface area is 181 Å². The average Bonchev–Trinajstić information content (AvgIpc) is 3.39. The molecule has 8 nitrogen and oxygen atoms in total. The quantitative estimate of drug-likeness (QED) is 0.209. The summed E-state index contributed by atoms with van der Waals surface area (Å²) in [5.41, 5.74) is 0.870. The Kier molecular flexibility index (Phi) is 6.11. The third-order valence-corrected chi connectivity index (χ3v) is 5.89. The van der Waals surface area contributed by atoms with Crippen LogP contribution in [-0.2, 0) is 16.1 Å². The molecule has 0 aromatic carbocycles. The molecule has 1 saturated carbocycles. The van der Waals surface area contributed by atoms with E-state index in [-0.39, 0.29) is 59.5 Å². The molecule has 9 heteroatoms. The lowest BCUT2D eigenvalue weighted by atomic mass is 9.85. The smallest absolute Gasteiger partial charge is 0.233 e. The number of aliphatic imine (C=N–C) groups is 1. The van der Waals surface area contributed by atoms with Gasteiger partial charge in [0.1, 0.15) is 5.76 Å². The van der Waals surface area contributed by atoms with Crippen LogP contribution in [0.1, 0.15) is 23.8 Å². The zero-order valence-corrected chi connectivity index (χ0v) is 18.6. The normalized spacial score (nSPS) is 28.0. The van der Waals surface area contributed by atoms with Crippen LogP contribution in [0.3, 0.4) is 0 Å². The number of rotatable bonds is 5. The lowest BCUT2D eigenvalue weighted by molar-refractivity contribution is -0.140. The second-order valence-corrected chi connectivity index (χ2v) is 7.43. The zero-order chi connectivity index (χ0) is 19.1. The molecule has 4 rings (SSSR count). The number of hydrogen-bond acceptors (Lipinski definition) is 5. The van der Waals surface area contributed by atoms with Crippen molar-refractivity contribution in [1.82, 2.24) is 20.5 Å². The van der Waals surface area contributed by atoms with E-state index in [1.54, 1.807) is 7.05 Å². The van der Waals surface area contributed by atoms with Gasteiger partial charge in [-0.2, -0.15) is 0 Å². The van der Waals surface area contributed by atoms with Crippen LogP contribution in [-0.4, -0.2) is 47.8 Å². The maximum absolute atomic E-state index is 12.7. The number of fused-ring (bicyclic) bond motifs is 5. The number of aromatic nitrogens is 1. The van der Waals surface area contributed by atoms with Crippen LogP contribution in [0.5, 0.6) is 0 Å². The van der Waals surface area contributed by atoms with Crippen molar-refractivity contribution in [2.45, 2.75) is 26.8 Å². The first-order valence-corrected chi connectivity index (χ1v) is 9.40. The van der Waals surface area contributed by atoms with Gasteiger partial charge in [-0.25, -0.2) is 4.98 Å². The molecule has 1 aliphatic heterocycles. The van der Waals surface area contributed by atoms with Crippen molar-refractivity contribution in [1.29, 1.82) is 0 Å². The molecule has 2 bridgehead atoms. The summed E-state index contributed by atoms with van der Waals surface area (Å²) in [5, 5.41) is 6.26. The van der Waals surface area contributed by atoms with E-state index in [2.05, 4.69) is 32.8 Å². The summed E-state index contributed by atoms with van der Waals surface area (Å²) < 4.78 is 5.53. The van der Waals surface area contributed by atoms with Crippen LogP contribution in [0.25, 0.3) is 0 Å². The fourth-order valence-electron chi connectivity index (χ4n) is 4.47. The maximum atomic E-state index is 12.7. The topological polar surface area (TPSA) is 99.8 Å². The number of allylic oxidation sites excluding steroid dienone is 2. The second kappa shape index (κ2) is 8.22. The third-order valence-electron chi connectivity index (χ3n) is 5.89. The molecule has 28 heavy (non-hydrogen) atoms. The van der Waals surface area contributed by atoms with Crippen molar-refractivity contribution in [3.63, 3.8) is 0 Å². The van der Waals surface area contributed by atoms with Crippen molar-refractivity contribution in [3.05, 3.63) is 29.5 Å². The van der Waals surface area contributed by atoms with Gasteiger partial charge in [0.15, 0.2) is 5.96 Å². The van der Waals surface area contributed by atoms with Gasteiger partial charge in [-0.1, -0.05) is 12.2 Å². The molecule has 3 aliphatic rings. The summed E-state index contributed by atoms with van der Waals surface area (Å²) in [5.74, 6) is 2.15. The largest absolute Gasteiger partial charge is 0.444 e. The van der Waals surface area contributed by atoms with Crippen LogP contribution >= 0.6 is 24.0 Å². The van der Waals surface area contributed by atoms with Gasteiger partial charge in [-0.15, -0.1) is 24.0 Å². The summed E-state index contributed by atoms with van der Waals surface area (Å²) in [6, 6.07) is 0. The average molecular weight is 499 g/mol. The van der Waals surface area contributed by atoms with Gasteiger partial charge < -0.3 is 15.1 Å². The van der Waals surface area contributed by atoms with Crippen molar-refractivity contribution < 1.29 is 14.0 Å².